The number of amides is 2. The van der Waals surface area contributed by atoms with Gasteiger partial charge in [-0.1, -0.05) is 25.0 Å². The topological polar surface area (TPSA) is 92.6 Å². The van der Waals surface area contributed by atoms with Crippen LogP contribution in [0.3, 0.4) is 0 Å². The number of aromatic nitrogens is 3. The number of nitrogens with one attached hydrogen (secondary N) is 1. The Bertz CT molecular complexity index is 1750. The highest BCUT2D eigenvalue weighted by Gasteiger charge is 2.49. The summed E-state index contributed by atoms with van der Waals surface area (Å²) in [6, 6.07) is 10.2. The number of carbonyl (C=O) groups excluding carboxylic acids is 2. The Labute approximate surface area is 272 Å². The molecular weight excluding hydrogens is 609 g/mol. The Hall–Kier alpha value is -4.21. The quantitative estimate of drug-likeness (QED) is 0.339. The summed E-state index contributed by atoms with van der Waals surface area (Å²) in [5.41, 5.74) is 0.338. The van der Waals surface area contributed by atoms with E-state index in [2.05, 4.69) is 34.3 Å². The number of anilines is 1. The van der Waals surface area contributed by atoms with Crippen molar-refractivity contribution in [2.24, 2.45) is 18.4 Å². The maximum atomic E-state index is 14.5. The maximum absolute atomic E-state index is 14.5. The highest BCUT2D eigenvalue weighted by Crippen LogP contribution is 2.52. The summed E-state index contributed by atoms with van der Waals surface area (Å²) in [5.74, 6) is 5.79. The molecule has 2 amide bonds. The molecule has 3 heterocycles. The number of hydrogen-bond donors (Lipinski definition) is 1. The highest BCUT2D eigenvalue weighted by atomic mass is 19.4. The van der Waals surface area contributed by atoms with E-state index in [1.807, 2.05) is 29.8 Å². The van der Waals surface area contributed by atoms with Gasteiger partial charge in [0.2, 0.25) is 0 Å². The molecule has 6 rings (SSSR count). The van der Waals surface area contributed by atoms with Crippen LogP contribution in [-0.2, 0) is 41.3 Å². The smallest absolute Gasteiger partial charge is 0.384 e. The number of nitrogens with zero attached hydrogens (tertiary/aromatic N) is 5. The molecule has 3 aromatic rings. The monoisotopic (exact) mass is 648 g/mol. The van der Waals surface area contributed by atoms with Gasteiger partial charge in [0.25, 0.3) is 11.8 Å². The predicted molar refractivity (Wildman–Crippen MR) is 169 cm³/mol. The van der Waals surface area contributed by atoms with Crippen molar-refractivity contribution in [3.05, 3.63) is 76.4 Å². The van der Waals surface area contributed by atoms with Gasteiger partial charge in [-0.3, -0.25) is 9.59 Å². The lowest BCUT2D eigenvalue weighted by atomic mass is 9.58. The third kappa shape index (κ3) is 6.03. The molecule has 1 N–H and O–H groups in total. The largest absolute Gasteiger partial charge is 0.416 e. The average Bonchev–Trinajstić information content (AvgIpc) is 3.73. The van der Waals surface area contributed by atoms with E-state index in [9.17, 15) is 22.8 Å². The van der Waals surface area contributed by atoms with Crippen molar-refractivity contribution in [2.45, 2.75) is 57.8 Å². The second-order valence-electron chi connectivity index (χ2n) is 13.4. The lowest BCUT2D eigenvalue weighted by Crippen LogP contribution is -2.43. The van der Waals surface area contributed by atoms with E-state index in [-0.39, 0.29) is 35.5 Å². The lowest BCUT2D eigenvalue weighted by molar-refractivity contribution is -0.138. The molecule has 9 nitrogen and oxygen atoms in total. The summed E-state index contributed by atoms with van der Waals surface area (Å²) < 4.78 is 50.8. The minimum Gasteiger partial charge on any atom is -0.384 e. The van der Waals surface area contributed by atoms with Crippen LogP contribution >= 0.6 is 0 Å². The SMILES string of the molecule is CC#CC(=O)N1CC[C@](CNCc2cc3c(c(C(F)(F)F)c2)CN(c2cccc(C4(c5nncn5C)CC(C)C4)c2)C3=O)(COC)C1. The number of fused-ring (bicyclic) bond motifs is 1. The number of rotatable bonds is 9. The van der Waals surface area contributed by atoms with Crippen LogP contribution in [0.25, 0.3) is 0 Å². The van der Waals surface area contributed by atoms with Crippen molar-refractivity contribution in [3.63, 3.8) is 0 Å². The van der Waals surface area contributed by atoms with Gasteiger partial charge >= 0.3 is 6.18 Å². The number of aryl methyl sites for hydroxylation is 1. The van der Waals surface area contributed by atoms with E-state index in [1.54, 1.807) is 37.4 Å². The maximum Gasteiger partial charge on any atom is 0.416 e. The molecule has 2 aliphatic heterocycles. The van der Waals surface area contributed by atoms with Gasteiger partial charge in [-0.15, -0.1) is 10.2 Å². The Kier molecular flexibility index (Phi) is 8.65. The molecular formula is C35H39F3N6O3. The standard InChI is InChI=1S/C35H39F3N6O3/c1-5-7-30(45)43-11-10-33(20-43,21-47-4)19-39-17-24-12-27-28(29(13-24)35(36,37)38)18-44(31(27)46)26-9-6-8-25(14-26)34(15-23(2)16-34)32-41-40-22-42(32)3/h6,8-9,12-14,22-23,39H,10-11,15-21H2,1-4H3/t23?,33-,34?/m1/s1. The van der Waals surface area contributed by atoms with Gasteiger partial charge in [-0.25, -0.2) is 0 Å². The van der Waals surface area contributed by atoms with E-state index in [4.69, 9.17) is 4.74 Å². The van der Waals surface area contributed by atoms with Gasteiger partial charge in [0, 0.05) is 57.0 Å². The summed E-state index contributed by atoms with van der Waals surface area (Å²) in [6.45, 7) is 5.49. The first-order valence-electron chi connectivity index (χ1n) is 15.8. The number of alkyl halides is 3. The van der Waals surface area contributed by atoms with Crippen molar-refractivity contribution < 1.29 is 27.5 Å². The van der Waals surface area contributed by atoms with Crippen LogP contribution in [0, 0.1) is 23.2 Å². The molecule has 3 aliphatic rings. The Morgan fingerprint density at radius 3 is 2.66 bits per heavy atom. The molecule has 1 aromatic heterocycles. The first-order chi connectivity index (χ1) is 22.4. The molecule has 0 unspecified atom stereocenters. The van der Waals surface area contributed by atoms with Gasteiger partial charge in [0.05, 0.1) is 24.1 Å². The fourth-order valence-corrected chi connectivity index (χ4v) is 7.78. The predicted octanol–water partition coefficient (Wildman–Crippen LogP) is 4.69. The van der Waals surface area contributed by atoms with Crippen LogP contribution in [0.5, 0.6) is 0 Å². The summed E-state index contributed by atoms with van der Waals surface area (Å²) in [7, 11) is 3.49. The number of benzene rings is 2. The van der Waals surface area contributed by atoms with Crippen molar-refractivity contribution >= 4 is 17.5 Å². The van der Waals surface area contributed by atoms with Crippen molar-refractivity contribution in [3.8, 4) is 11.8 Å². The average molecular weight is 649 g/mol. The Morgan fingerprint density at radius 1 is 1.21 bits per heavy atom. The molecule has 47 heavy (non-hydrogen) atoms. The summed E-state index contributed by atoms with van der Waals surface area (Å²) >= 11 is 0. The number of carbonyl (C=O) groups is 2. The van der Waals surface area contributed by atoms with Crippen LogP contribution < -0.4 is 10.2 Å². The van der Waals surface area contributed by atoms with Crippen LogP contribution in [0.15, 0.2) is 42.7 Å². The second kappa shape index (κ2) is 12.4. The van der Waals surface area contributed by atoms with Crippen LogP contribution in [-0.4, -0.2) is 64.8 Å². The zero-order valence-corrected chi connectivity index (χ0v) is 27.1. The van der Waals surface area contributed by atoms with E-state index in [0.717, 1.165) is 30.3 Å². The van der Waals surface area contributed by atoms with Gasteiger partial charge in [0.1, 0.15) is 12.2 Å². The third-order valence-corrected chi connectivity index (χ3v) is 9.89. The molecule has 0 radical (unpaired) electrons. The molecule has 1 aliphatic carbocycles. The Balaban J connectivity index is 1.24. The van der Waals surface area contributed by atoms with Crippen LogP contribution in [0.4, 0.5) is 18.9 Å². The van der Waals surface area contributed by atoms with E-state index >= 15 is 0 Å². The lowest BCUT2D eigenvalue weighted by Gasteiger charge is -2.46. The molecule has 0 bridgehead atoms. The molecule has 1 saturated heterocycles. The van der Waals surface area contributed by atoms with Gasteiger partial charge in [0.15, 0.2) is 0 Å². The normalized spacial score (nSPS) is 23.8. The van der Waals surface area contributed by atoms with Crippen molar-refractivity contribution in [1.29, 1.82) is 0 Å². The minimum absolute atomic E-state index is 0.0187. The number of methoxy groups -OCH3 is 1. The molecule has 0 spiro atoms. The molecule has 12 heteroatoms. The molecule has 1 atom stereocenters. The first kappa shape index (κ1) is 32.7. The number of halogens is 3. The number of ether oxygens (including phenoxy) is 1. The van der Waals surface area contributed by atoms with E-state index in [0.29, 0.717) is 49.8 Å². The molecule has 1 saturated carbocycles. The van der Waals surface area contributed by atoms with Crippen LogP contribution in [0.1, 0.15) is 71.5 Å². The second-order valence-corrected chi connectivity index (χ2v) is 13.4. The molecule has 2 aromatic carbocycles. The van der Waals surface area contributed by atoms with Gasteiger partial charge < -0.3 is 24.4 Å². The minimum atomic E-state index is -4.64. The van der Waals surface area contributed by atoms with Crippen LogP contribution in [0.2, 0.25) is 0 Å². The molecule has 2 fully saturated rings. The highest BCUT2D eigenvalue weighted by molar-refractivity contribution is 6.10. The fraction of sp³-hybridized carbons (Fsp3) is 0.486. The van der Waals surface area contributed by atoms with E-state index < -0.39 is 23.1 Å². The number of hydrogen-bond acceptors (Lipinski definition) is 6. The Morgan fingerprint density at radius 2 is 2.00 bits per heavy atom. The zero-order valence-electron chi connectivity index (χ0n) is 27.1. The van der Waals surface area contributed by atoms with Crippen molar-refractivity contribution in [2.75, 3.05) is 38.3 Å². The third-order valence-electron chi connectivity index (χ3n) is 9.89. The van der Waals surface area contributed by atoms with Gasteiger partial charge in [-0.2, -0.15) is 13.2 Å². The summed E-state index contributed by atoms with van der Waals surface area (Å²) in [6.07, 6.45) is -0.581. The zero-order chi connectivity index (χ0) is 33.6. The molecule has 248 valence electrons. The summed E-state index contributed by atoms with van der Waals surface area (Å²) in [5, 5.41) is 11.8. The van der Waals surface area contributed by atoms with Gasteiger partial charge in [-0.05, 0) is 79.0 Å². The van der Waals surface area contributed by atoms with Crippen molar-refractivity contribution in [1.82, 2.24) is 25.0 Å². The number of likely N-dealkylation sites (tertiary alicyclic amines) is 1. The first-order valence-corrected chi connectivity index (χ1v) is 15.8. The van der Waals surface area contributed by atoms with E-state index in [1.165, 1.54) is 4.90 Å². The summed E-state index contributed by atoms with van der Waals surface area (Å²) in [4.78, 5) is 29.3. The fourth-order valence-electron chi connectivity index (χ4n) is 7.78.